The van der Waals surface area contributed by atoms with Crippen molar-refractivity contribution in [3.8, 4) is 0 Å². The number of hydrogen-bond donors (Lipinski definition) is 2. The van der Waals surface area contributed by atoms with Crippen LogP contribution in [-0.2, 0) is 0 Å². The molecular formula is C13H27NO. The molecule has 0 aromatic carbocycles. The van der Waals surface area contributed by atoms with E-state index in [9.17, 15) is 5.11 Å². The maximum Gasteiger partial charge on any atom is 0.0499 e. The van der Waals surface area contributed by atoms with E-state index in [1.54, 1.807) is 0 Å². The van der Waals surface area contributed by atoms with Crippen molar-refractivity contribution in [2.45, 2.75) is 52.4 Å². The first-order valence-corrected chi connectivity index (χ1v) is 6.58. The summed E-state index contributed by atoms with van der Waals surface area (Å²) >= 11 is 0. The molecule has 1 fully saturated rings. The van der Waals surface area contributed by atoms with E-state index >= 15 is 0 Å². The smallest absolute Gasteiger partial charge is 0.0499 e. The first-order chi connectivity index (χ1) is 7.26. The van der Waals surface area contributed by atoms with Crippen molar-refractivity contribution >= 4 is 0 Å². The molecule has 0 aromatic heterocycles. The molecule has 1 saturated carbocycles. The van der Waals surface area contributed by atoms with Crippen LogP contribution in [0.5, 0.6) is 0 Å². The minimum atomic E-state index is 0.124. The zero-order valence-electron chi connectivity index (χ0n) is 10.4. The highest BCUT2D eigenvalue weighted by Gasteiger charge is 2.25. The molecule has 0 aliphatic heterocycles. The summed E-state index contributed by atoms with van der Waals surface area (Å²) in [7, 11) is 0. The van der Waals surface area contributed by atoms with Crippen molar-refractivity contribution in [1.82, 2.24) is 5.32 Å². The van der Waals surface area contributed by atoms with Crippen LogP contribution in [0.3, 0.4) is 0 Å². The van der Waals surface area contributed by atoms with Gasteiger partial charge in [0.2, 0.25) is 0 Å². The molecule has 0 amide bonds. The Labute approximate surface area is 94.5 Å². The molecule has 2 nitrogen and oxygen atoms in total. The molecule has 1 aliphatic rings. The predicted molar refractivity (Wildman–Crippen MR) is 64.9 cm³/mol. The van der Waals surface area contributed by atoms with Crippen LogP contribution in [0.4, 0.5) is 0 Å². The van der Waals surface area contributed by atoms with Crippen molar-refractivity contribution in [3.63, 3.8) is 0 Å². The van der Waals surface area contributed by atoms with Crippen LogP contribution in [0.25, 0.3) is 0 Å². The van der Waals surface area contributed by atoms with E-state index < -0.39 is 0 Å². The average Bonchev–Trinajstić information content (AvgIpc) is 2.78. The summed E-state index contributed by atoms with van der Waals surface area (Å²) in [6.07, 6.45) is 7.77. The summed E-state index contributed by atoms with van der Waals surface area (Å²) in [6, 6.07) is 0. The molecule has 0 radical (unpaired) electrons. The Morgan fingerprint density at radius 1 is 1.20 bits per heavy atom. The topological polar surface area (TPSA) is 32.3 Å². The van der Waals surface area contributed by atoms with Gasteiger partial charge in [-0.05, 0) is 38.1 Å². The van der Waals surface area contributed by atoms with Gasteiger partial charge in [0.15, 0.2) is 0 Å². The van der Waals surface area contributed by atoms with Crippen molar-refractivity contribution < 1.29 is 5.11 Å². The highest BCUT2D eigenvalue weighted by atomic mass is 16.3. The number of nitrogens with one attached hydrogen (secondary N) is 1. The zero-order valence-corrected chi connectivity index (χ0v) is 10.4. The fraction of sp³-hybridized carbons (Fsp3) is 1.00. The molecule has 0 unspecified atom stereocenters. The summed E-state index contributed by atoms with van der Waals surface area (Å²) in [4.78, 5) is 0. The molecule has 0 aromatic rings. The third kappa shape index (κ3) is 3.76. The van der Waals surface area contributed by atoms with Crippen molar-refractivity contribution in [1.29, 1.82) is 0 Å². The maximum atomic E-state index is 9.43. The average molecular weight is 213 g/mol. The van der Waals surface area contributed by atoms with E-state index in [1.165, 1.54) is 25.7 Å². The van der Waals surface area contributed by atoms with Gasteiger partial charge in [-0.1, -0.05) is 26.7 Å². The molecule has 2 heteroatoms. The van der Waals surface area contributed by atoms with Gasteiger partial charge in [0.05, 0.1) is 0 Å². The van der Waals surface area contributed by atoms with Gasteiger partial charge in [0, 0.05) is 18.6 Å². The van der Waals surface area contributed by atoms with Crippen molar-refractivity contribution in [2.24, 2.45) is 11.3 Å². The molecule has 0 bridgehead atoms. The van der Waals surface area contributed by atoms with Gasteiger partial charge in [0.1, 0.15) is 0 Å². The van der Waals surface area contributed by atoms with Gasteiger partial charge in [-0.3, -0.25) is 0 Å². The molecule has 90 valence electrons. The Kier molecular flexibility index (Phi) is 5.62. The van der Waals surface area contributed by atoms with Gasteiger partial charge in [-0.25, -0.2) is 0 Å². The summed E-state index contributed by atoms with van der Waals surface area (Å²) in [6.45, 7) is 6.81. The molecule has 1 aliphatic carbocycles. The lowest BCUT2D eigenvalue weighted by Gasteiger charge is -2.30. The second-order valence-electron chi connectivity index (χ2n) is 5.15. The highest BCUT2D eigenvalue weighted by Crippen LogP contribution is 2.26. The van der Waals surface area contributed by atoms with Gasteiger partial charge in [-0.2, -0.15) is 0 Å². The SMILES string of the molecule is CCC(CC)(CO)CNCC1CCCC1. The van der Waals surface area contributed by atoms with Gasteiger partial charge >= 0.3 is 0 Å². The van der Waals surface area contributed by atoms with Crippen molar-refractivity contribution in [3.05, 3.63) is 0 Å². The number of aliphatic hydroxyl groups excluding tert-OH is 1. The van der Waals surface area contributed by atoms with E-state index in [2.05, 4.69) is 19.2 Å². The summed E-state index contributed by atoms with van der Waals surface area (Å²) < 4.78 is 0. The number of hydrogen-bond acceptors (Lipinski definition) is 2. The molecule has 0 saturated heterocycles. The Morgan fingerprint density at radius 2 is 1.80 bits per heavy atom. The van der Waals surface area contributed by atoms with Crippen LogP contribution in [0, 0.1) is 11.3 Å². The molecule has 15 heavy (non-hydrogen) atoms. The summed E-state index contributed by atoms with van der Waals surface area (Å²) in [5.74, 6) is 0.898. The van der Waals surface area contributed by atoms with E-state index in [0.29, 0.717) is 6.61 Å². The van der Waals surface area contributed by atoms with E-state index in [-0.39, 0.29) is 5.41 Å². The standard InChI is InChI=1S/C13H27NO/c1-3-13(4-2,11-15)10-14-9-12-7-5-6-8-12/h12,14-15H,3-11H2,1-2H3. The first-order valence-electron chi connectivity index (χ1n) is 6.58. The quantitative estimate of drug-likeness (QED) is 0.681. The normalized spacial score (nSPS) is 18.6. The van der Waals surface area contributed by atoms with E-state index in [0.717, 1.165) is 31.8 Å². The molecule has 0 spiro atoms. The van der Waals surface area contributed by atoms with Crippen LogP contribution in [0.15, 0.2) is 0 Å². The molecule has 0 atom stereocenters. The Balaban J connectivity index is 2.21. The number of rotatable bonds is 7. The molecule has 2 N–H and O–H groups in total. The summed E-state index contributed by atoms with van der Waals surface area (Å²) in [5, 5.41) is 13.0. The van der Waals surface area contributed by atoms with Crippen LogP contribution in [0.1, 0.15) is 52.4 Å². The minimum absolute atomic E-state index is 0.124. The fourth-order valence-corrected chi connectivity index (χ4v) is 2.54. The van der Waals surface area contributed by atoms with E-state index in [1.807, 2.05) is 0 Å². The van der Waals surface area contributed by atoms with Crippen LogP contribution >= 0.6 is 0 Å². The molecular weight excluding hydrogens is 186 g/mol. The van der Waals surface area contributed by atoms with Gasteiger partial charge < -0.3 is 10.4 Å². The molecule has 0 heterocycles. The van der Waals surface area contributed by atoms with Gasteiger partial charge in [-0.15, -0.1) is 0 Å². The van der Waals surface area contributed by atoms with Crippen molar-refractivity contribution in [2.75, 3.05) is 19.7 Å². The zero-order chi connectivity index (χ0) is 11.1. The summed E-state index contributed by atoms with van der Waals surface area (Å²) in [5.41, 5.74) is 0.124. The molecule has 1 rings (SSSR count). The Hall–Kier alpha value is -0.0800. The third-order valence-electron chi connectivity index (χ3n) is 4.24. The Morgan fingerprint density at radius 3 is 2.27 bits per heavy atom. The minimum Gasteiger partial charge on any atom is -0.396 e. The second-order valence-corrected chi connectivity index (χ2v) is 5.15. The van der Waals surface area contributed by atoms with Gasteiger partial charge in [0.25, 0.3) is 0 Å². The van der Waals surface area contributed by atoms with Crippen LogP contribution in [-0.4, -0.2) is 24.8 Å². The van der Waals surface area contributed by atoms with Crippen LogP contribution in [0.2, 0.25) is 0 Å². The lowest BCUT2D eigenvalue weighted by molar-refractivity contribution is 0.112. The second kappa shape index (κ2) is 6.49. The highest BCUT2D eigenvalue weighted by molar-refractivity contribution is 4.79. The predicted octanol–water partition coefficient (Wildman–Crippen LogP) is 2.56. The third-order valence-corrected chi connectivity index (χ3v) is 4.24. The monoisotopic (exact) mass is 213 g/mol. The van der Waals surface area contributed by atoms with E-state index in [4.69, 9.17) is 0 Å². The largest absolute Gasteiger partial charge is 0.396 e. The first kappa shape index (κ1) is 13.0. The lowest BCUT2D eigenvalue weighted by Crippen LogP contribution is -2.38. The van der Waals surface area contributed by atoms with Crippen LogP contribution < -0.4 is 5.32 Å². The lowest BCUT2D eigenvalue weighted by atomic mass is 9.83. The fourth-order valence-electron chi connectivity index (χ4n) is 2.54. The maximum absolute atomic E-state index is 9.43. The number of aliphatic hydroxyl groups is 1. The Bertz CT molecular complexity index is 152.